The molecule has 0 N–H and O–H groups in total. The number of aromatic nitrogens is 2. The van der Waals surface area contributed by atoms with Gasteiger partial charge in [0.25, 0.3) is 10.0 Å². The van der Waals surface area contributed by atoms with Gasteiger partial charge >= 0.3 is 0 Å². The third kappa shape index (κ3) is 2.67. The molecule has 20 heavy (non-hydrogen) atoms. The van der Waals surface area contributed by atoms with Crippen molar-refractivity contribution in [1.29, 1.82) is 0 Å². The van der Waals surface area contributed by atoms with Gasteiger partial charge in [-0.3, -0.25) is 0 Å². The van der Waals surface area contributed by atoms with E-state index in [2.05, 4.69) is 9.98 Å². The van der Waals surface area contributed by atoms with Crippen LogP contribution in [0.4, 0.5) is 0 Å². The molecule has 7 nitrogen and oxygen atoms in total. The van der Waals surface area contributed by atoms with Crippen LogP contribution in [0.2, 0.25) is 0 Å². The Hall–Kier alpha value is -1.50. The van der Waals surface area contributed by atoms with Crippen molar-refractivity contribution in [1.82, 2.24) is 13.9 Å². The normalized spacial score (nSPS) is 24.4. The summed E-state index contributed by atoms with van der Waals surface area (Å²) in [7, 11) is -1.83. The monoisotopic (exact) mass is 298 g/mol. The van der Waals surface area contributed by atoms with Crippen LogP contribution in [0, 0.1) is 6.92 Å². The van der Waals surface area contributed by atoms with E-state index in [1.807, 2.05) is 6.92 Å². The number of rotatable bonds is 3. The minimum absolute atomic E-state index is 0.0710. The van der Waals surface area contributed by atoms with E-state index in [-0.39, 0.29) is 17.1 Å². The Morgan fingerprint density at radius 2 is 2.20 bits per heavy atom. The SMILES string of the molecule is Cc1nc(S(=O)(=O)N2CCC(N=C=O)CC2C)cn1C. The first-order valence-corrected chi connectivity index (χ1v) is 7.89. The minimum atomic E-state index is -3.59. The van der Waals surface area contributed by atoms with Crippen molar-refractivity contribution in [2.24, 2.45) is 12.0 Å². The zero-order valence-electron chi connectivity index (χ0n) is 11.8. The van der Waals surface area contributed by atoms with Gasteiger partial charge < -0.3 is 4.57 Å². The first-order valence-electron chi connectivity index (χ1n) is 6.45. The van der Waals surface area contributed by atoms with Crippen molar-refractivity contribution < 1.29 is 13.2 Å². The Bertz CT molecular complexity index is 626. The lowest BCUT2D eigenvalue weighted by molar-refractivity contribution is 0.247. The molecule has 0 aromatic carbocycles. The Morgan fingerprint density at radius 1 is 1.50 bits per heavy atom. The number of isocyanates is 1. The van der Waals surface area contributed by atoms with Gasteiger partial charge in [-0.05, 0) is 26.7 Å². The van der Waals surface area contributed by atoms with E-state index < -0.39 is 10.0 Å². The summed E-state index contributed by atoms with van der Waals surface area (Å²) in [5.74, 6) is 0.650. The summed E-state index contributed by atoms with van der Waals surface area (Å²) in [6.07, 6.45) is 4.13. The van der Waals surface area contributed by atoms with Crippen molar-refractivity contribution in [2.75, 3.05) is 6.54 Å². The van der Waals surface area contributed by atoms with Gasteiger partial charge in [-0.25, -0.2) is 23.2 Å². The standard InChI is InChI=1S/C12H18N4O3S/c1-9-6-11(13-8-17)4-5-16(9)20(18,19)12-7-15(3)10(2)14-12/h7,9,11H,4-6H2,1-3H3. The fourth-order valence-electron chi connectivity index (χ4n) is 2.45. The lowest BCUT2D eigenvalue weighted by atomic mass is 10.0. The number of aryl methyl sites for hydroxylation is 2. The molecule has 1 fully saturated rings. The molecular formula is C12H18N4O3S. The number of piperidine rings is 1. The van der Waals surface area contributed by atoms with Gasteiger partial charge in [0.1, 0.15) is 5.82 Å². The van der Waals surface area contributed by atoms with Crippen LogP contribution < -0.4 is 0 Å². The highest BCUT2D eigenvalue weighted by Crippen LogP contribution is 2.26. The number of carbonyl (C=O) groups excluding carboxylic acids is 1. The van der Waals surface area contributed by atoms with Crippen molar-refractivity contribution in [3.05, 3.63) is 12.0 Å². The molecule has 0 radical (unpaired) electrons. The molecule has 2 rings (SSSR count). The molecule has 0 spiro atoms. The van der Waals surface area contributed by atoms with E-state index in [1.54, 1.807) is 24.6 Å². The summed E-state index contributed by atoms with van der Waals surface area (Å²) in [5, 5.41) is 0.0710. The fraction of sp³-hybridized carbons (Fsp3) is 0.667. The molecule has 1 aromatic rings. The lowest BCUT2D eigenvalue weighted by Crippen LogP contribution is -2.45. The summed E-state index contributed by atoms with van der Waals surface area (Å²) in [6.45, 7) is 3.92. The molecular weight excluding hydrogens is 280 g/mol. The number of hydrogen-bond donors (Lipinski definition) is 0. The Kier molecular flexibility index (Phi) is 4.08. The molecule has 110 valence electrons. The maximum absolute atomic E-state index is 12.6. The first kappa shape index (κ1) is 14.9. The van der Waals surface area contributed by atoms with Crippen molar-refractivity contribution >= 4 is 16.1 Å². The highest BCUT2D eigenvalue weighted by molar-refractivity contribution is 7.89. The van der Waals surface area contributed by atoms with Crippen molar-refractivity contribution in [2.45, 2.75) is 43.8 Å². The Morgan fingerprint density at radius 3 is 2.70 bits per heavy atom. The van der Waals surface area contributed by atoms with Gasteiger partial charge in [0, 0.05) is 25.8 Å². The predicted octanol–water partition coefficient (Wildman–Crippen LogP) is 0.606. The van der Waals surface area contributed by atoms with E-state index in [9.17, 15) is 13.2 Å². The summed E-state index contributed by atoms with van der Waals surface area (Å²) >= 11 is 0. The van der Waals surface area contributed by atoms with Gasteiger partial charge in [0.15, 0.2) is 5.03 Å². The molecule has 2 heterocycles. The van der Waals surface area contributed by atoms with Crippen LogP contribution in [0.15, 0.2) is 16.2 Å². The zero-order valence-corrected chi connectivity index (χ0v) is 12.6. The minimum Gasteiger partial charge on any atom is -0.337 e. The van der Waals surface area contributed by atoms with Gasteiger partial charge in [-0.1, -0.05) is 0 Å². The average molecular weight is 298 g/mol. The smallest absolute Gasteiger partial charge is 0.262 e. The second-order valence-electron chi connectivity index (χ2n) is 5.10. The van der Waals surface area contributed by atoms with Crippen LogP contribution in [-0.4, -0.2) is 47.0 Å². The number of sulfonamides is 1. The molecule has 0 saturated carbocycles. The molecule has 8 heteroatoms. The first-order chi connectivity index (χ1) is 9.36. The molecule has 2 unspecified atom stereocenters. The van der Waals surface area contributed by atoms with E-state index in [0.717, 1.165) is 0 Å². The van der Waals surface area contributed by atoms with Crippen LogP contribution in [0.25, 0.3) is 0 Å². The fourth-order valence-corrected chi connectivity index (χ4v) is 4.13. The second kappa shape index (κ2) is 5.47. The molecule has 0 aliphatic carbocycles. The van der Waals surface area contributed by atoms with Gasteiger partial charge in [-0.15, -0.1) is 0 Å². The summed E-state index contributed by atoms with van der Waals surface area (Å²) in [4.78, 5) is 18.1. The highest BCUT2D eigenvalue weighted by atomic mass is 32.2. The van der Waals surface area contributed by atoms with Crippen LogP contribution in [0.3, 0.4) is 0 Å². The third-order valence-electron chi connectivity index (χ3n) is 3.68. The average Bonchev–Trinajstić information content (AvgIpc) is 2.70. The summed E-state index contributed by atoms with van der Waals surface area (Å²) in [6, 6.07) is -0.349. The quantitative estimate of drug-likeness (QED) is 0.604. The molecule has 0 amide bonds. The molecule has 1 saturated heterocycles. The molecule has 1 aromatic heterocycles. The van der Waals surface area contributed by atoms with Crippen molar-refractivity contribution in [3.63, 3.8) is 0 Å². The van der Waals surface area contributed by atoms with E-state index >= 15 is 0 Å². The molecule has 2 atom stereocenters. The Balaban J connectivity index is 2.25. The third-order valence-corrected chi connectivity index (χ3v) is 5.57. The molecule has 1 aliphatic rings. The zero-order chi connectivity index (χ0) is 14.9. The number of aliphatic imine (C=N–C) groups is 1. The maximum atomic E-state index is 12.6. The largest absolute Gasteiger partial charge is 0.337 e. The number of imidazole rings is 1. The number of nitrogens with zero attached hydrogens (tertiary/aromatic N) is 4. The highest BCUT2D eigenvalue weighted by Gasteiger charge is 2.35. The van der Waals surface area contributed by atoms with Crippen LogP contribution in [0.5, 0.6) is 0 Å². The van der Waals surface area contributed by atoms with Crippen LogP contribution in [0.1, 0.15) is 25.6 Å². The van der Waals surface area contributed by atoms with E-state index in [0.29, 0.717) is 25.2 Å². The number of hydrogen-bond acceptors (Lipinski definition) is 5. The van der Waals surface area contributed by atoms with Gasteiger partial charge in [-0.2, -0.15) is 4.31 Å². The van der Waals surface area contributed by atoms with E-state index in [1.165, 1.54) is 10.5 Å². The van der Waals surface area contributed by atoms with Crippen LogP contribution >= 0.6 is 0 Å². The van der Waals surface area contributed by atoms with Gasteiger partial charge in [0.2, 0.25) is 6.08 Å². The molecule has 1 aliphatic heterocycles. The lowest BCUT2D eigenvalue weighted by Gasteiger charge is -2.34. The predicted molar refractivity (Wildman–Crippen MR) is 72.4 cm³/mol. The topological polar surface area (TPSA) is 84.6 Å². The maximum Gasteiger partial charge on any atom is 0.262 e. The summed E-state index contributed by atoms with van der Waals surface area (Å²) < 4.78 is 28.3. The van der Waals surface area contributed by atoms with Crippen LogP contribution in [-0.2, 0) is 21.9 Å². The van der Waals surface area contributed by atoms with E-state index in [4.69, 9.17) is 0 Å². The van der Waals surface area contributed by atoms with Gasteiger partial charge in [0.05, 0.1) is 6.04 Å². The second-order valence-corrected chi connectivity index (χ2v) is 6.94. The molecule has 0 bridgehead atoms. The Labute approximate surface area is 118 Å². The van der Waals surface area contributed by atoms with Crippen molar-refractivity contribution in [3.8, 4) is 0 Å². The summed E-state index contributed by atoms with van der Waals surface area (Å²) in [5.41, 5.74) is 0.